The fraction of sp³-hybridized carbons (Fsp3) is 0.130. The van der Waals surface area contributed by atoms with E-state index in [1.807, 2.05) is 42.5 Å². The molecular formula is C23H19F2NO4. The van der Waals surface area contributed by atoms with Gasteiger partial charge in [0.05, 0.1) is 0 Å². The van der Waals surface area contributed by atoms with Crippen molar-refractivity contribution in [3.8, 4) is 5.75 Å². The van der Waals surface area contributed by atoms with Crippen molar-refractivity contribution in [2.75, 3.05) is 18.5 Å². The fourth-order valence-corrected chi connectivity index (χ4v) is 2.70. The van der Waals surface area contributed by atoms with E-state index in [4.69, 9.17) is 9.47 Å². The van der Waals surface area contributed by atoms with Crippen LogP contribution in [-0.2, 0) is 20.7 Å². The summed E-state index contributed by atoms with van der Waals surface area (Å²) in [5.41, 5.74) is 2.07. The third-order valence-electron chi connectivity index (χ3n) is 4.12. The summed E-state index contributed by atoms with van der Waals surface area (Å²) in [6.07, 6.45) is 0.642. The molecule has 3 aromatic rings. The third kappa shape index (κ3) is 6.13. The number of ether oxygens (including phenoxy) is 2. The van der Waals surface area contributed by atoms with Gasteiger partial charge in [0.25, 0.3) is 5.91 Å². The molecule has 5 nitrogen and oxygen atoms in total. The summed E-state index contributed by atoms with van der Waals surface area (Å²) in [7, 11) is 0. The van der Waals surface area contributed by atoms with Crippen LogP contribution in [0.2, 0.25) is 0 Å². The maximum absolute atomic E-state index is 13.1. The number of para-hydroxylation sites is 1. The van der Waals surface area contributed by atoms with Gasteiger partial charge >= 0.3 is 5.97 Å². The highest BCUT2D eigenvalue weighted by atomic mass is 19.2. The summed E-state index contributed by atoms with van der Waals surface area (Å²) in [5.74, 6) is -2.98. The van der Waals surface area contributed by atoms with Crippen molar-refractivity contribution in [1.29, 1.82) is 0 Å². The molecule has 7 heteroatoms. The molecular weight excluding hydrogens is 392 g/mol. The summed E-state index contributed by atoms with van der Waals surface area (Å²) >= 11 is 0. The highest BCUT2D eigenvalue weighted by Crippen LogP contribution is 2.21. The zero-order chi connectivity index (χ0) is 21.3. The molecule has 0 saturated carbocycles. The molecule has 0 radical (unpaired) electrons. The Morgan fingerprint density at radius 3 is 2.33 bits per heavy atom. The van der Waals surface area contributed by atoms with Gasteiger partial charge in [0.1, 0.15) is 5.75 Å². The van der Waals surface area contributed by atoms with E-state index in [1.165, 1.54) is 6.07 Å². The number of anilines is 1. The molecule has 3 rings (SSSR count). The van der Waals surface area contributed by atoms with Crippen molar-refractivity contribution in [1.82, 2.24) is 0 Å². The molecule has 1 amide bonds. The Bertz CT molecular complexity index is 1020. The van der Waals surface area contributed by atoms with Crippen LogP contribution in [0.15, 0.2) is 72.8 Å². The standard InChI is InChI=1S/C23H19F2NO4/c24-19-11-10-18(13-20(19)25)26-22(27)14-30-23(28)15-29-21-9-5-4-8-17(21)12-16-6-2-1-3-7-16/h1-11,13H,12,14-15H2,(H,26,27). The van der Waals surface area contributed by atoms with Crippen LogP contribution >= 0.6 is 0 Å². The second-order valence-electron chi connectivity index (χ2n) is 6.40. The lowest BCUT2D eigenvalue weighted by atomic mass is 10.0. The minimum absolute atomic E-state index is 0.0565. The maximum Gasteiger partial charge on any atom is 0.344 e. The second-order valence-corrected chi connectivity index (χ2v) is 6.40. The average molecular weight is 411 g/mol. The molecule has 0 aliphatic heterocycles. The van der Waals surface area contributed by atoms with E-state index in [2.05, 4.69) is 5.32 Å². The van der Waals surface area contributed by atoms with Crippen LogP contribution in [0, 0.1) is 11.6 Å². The van der Waals surface area contributed by atoms with Crippen molar-refractivity contribution in [3.05, 3.63) is 95.6 Å². The average Bonchev–Trinajstić information content (AvgIpc) is 2.75. The molecule has 1 N–H and O–H groups in total. The Morgan fingerprint density at radius 1 is 0.833 bits per heavy atom. The van der Waals surface area contributed by atoms with Crippen LogP contribution in [0.5, 0.6) is 5.75 Å². The summed E-state index contributed by atoms with van der Waals surface area (Å²) in [6.45, 7) is -0.947. The highest BCUT2D eigenvalue weighted by molar-refractivity contribution is 5.92. The molecule has 0 heterocycles. The predicted octanol–water partition coefficient (Wildman–Crippen LogP) is 4.12. The lowest BCUT2D eigenvalue weighted by Gasteiger charge is -2.11. The smallest absolute Gasteiger partial charge is 0.344 e. The molecule has 0 saturated heterocycles. The van der Waals surface area contributed by atoms with Gasteiger partial charge in [-0.15, -0.1) is 0 Å². The van der Waals surface area contributed by atoms with Crippen LogP contribution in [0.1, 0.15) is 11.1 Å². The molecule has 0 spiro atoms. The van der Waals surface area contributed by atoms with E-state index in [0.29, 0.717) is 12.2 Å². The number of carbonyl (C=O) groups excluding carboxylic acids is 2. The number of halogens is 2. The van der Waals surface area contributed by atoms with Gasteiger partial charge in [0, 0.05) is 18.2 Å². The molecule has 0 atom stereocenters. The van der Waals surface area contributed by atoms with Gasteiger partial charge in [-0.2, -0.15) is 0 Å². The molecule has 0 aliphatic carbocycles. The van der Waals surface area contributed by atoms with Crippen LogP contribution < -0.4 is 10.1 Å². The number of benzene rings is 3. The lowest BCUT2D eigenvalue weighted by Crippen LogP contribution is -2.23. The van der Waals surface area contributed by atoms with E-state index in [0.717, 1.165) is 23.3 Å². The van der Waals surface area contributed by atoms with Gasteiger partial charge in [-0.05, 0) is 29.3 Å². The summed E-state index contributed by atoms with van der Waals surface area (Å²) in [4.78, 5) is 23.7. The van der Waals surface area contributed by atoms with Crippen LogP contribution in [-0.4, -0.2) is 25.1 Å². The van der Waals surface area contributed by atoms with Crippen molar-refractivity contribution in [2.24, 2.45) is 0 Å². The molecule has 0 aliphatic rings. The van der Waals surface area contributed by atoms with Crippen LogP contribution in [0.25, 0.3) is 0 Å². The maximum atomic E-state index is 13.1. The lowest BCUT2D eigenvalue weighted by molar-refractivity contribution is -0.149. The zero-order valence-corrected chi connectivity index (χ0v) is 15.9. The molecule has 0 fully saturated rings. The van der Waals surface area contributed by atoms with Gasteiger partial charge in [-0.3, -0.25) is 4.79 Å². The van der Waals surface area contributed by atoms with Gasteiger partial charge in [-0.1, -0.05) is 48.5 Å². The number of amides is 1. The van der Waals surface area contributed by atoms with Crippen molar-refractivity contribution >= 4 is 17.6 Å². The first-order valence-electron chi connectivity index (χ1n) is 9.16. The Labute approximate surface area is 172 Å². The second kappa shape index (κ2) is 10.2. The summed E-state index contributed by atoms with van der Waals surface area (Å²) in [6, 6.07) is 20.1. The van der Waals surface area contributed by atoms with E-state index >= 15 is 0 Å². The van der Waals surface area contributed by atoms with E-state index in [1.54, 1.807) is 12.1 Å². The number of esters is 1. The van der Waals surface area contributed by atoms with Crippen molar-refractivity contribution in [3.63, 3.8) is 0 Å². The number of nitrogens with one attached hydrogen (secondary N) is 1. The number of carbonyl (C=O) groups is 2. The minimum Gasteiger partial charge on any atom is -0.482 e. The van der Waals surface area contributed by atoms with E-state index in [9.17, 15) is 18.4 Å². The number of rotatable bonds is 8. The highest BCUT2D eigenvalue weighted by Gasteiger charge is 2.12. The van der Waals surface area contributed by atoms with Crippen LogP contribution in [0.3, 0.4) is 0 Å². The Morgan fingerprint density at radius 2 is 1.57 bits per heavy atom. The van der Waals surface area contributed by atoms with Gasteiger partial charge in [-0.25, -0.2) is 13.6 Å². The van der Waals surface area contributed by atoms with E-state index in [-0.39, 0.29) is 12.3 Å². The molecule has 0 bridgehead atoms. The SMILES string of the molecule is O=C(COC(=O)COc1ccccc1Cc1ccccc1)Nc1ccc(F)c(F)c1. The normalized spacial score (nSPS) is 10.3. The van der Waals surface area contributed by atoms with Crippen molar-refractivity contribution < 1.29 is 27.8 Å². The van der Waals surface area contributed by atoms with Gasteiger partial charge in [0.2, 0.25) is 0 Å². The van der Waals surface area contributed by atoms with Gasteiger partial charge < -0.3 is 14.8 Å². The zero-order valence-electron chi connectivity index (χ0n) is 15.9. The largest absolute Gasteiger partial charge is 0.482 e. The monoisotopic (exact) mass is 411 g/mol. The molecule has 30 heavy (non-hydrogen) atoms. The fourth-order valence-electron chi connectivity index (χ4n) is 2.70. The molecule has 3 aromatic carbocycles. The molecule has 154 valence electrons. The van der Waals surface area contributed by atoms with Crippen molar-refractivity contribution in [2.45, 2.75) is 6.42 Å². The Kier molecular flexibility index (Phi) is 7.10. The first kappa shape index (κ1) is 21.0. The quantitative estimate of drug-likeness (QED) is 0.567. The number of hydrogen-bond acceptors (Lipinski definition) is 4. The first-order chi connectivity index (χ1) is 14.5. The Hall–Kier alpha value is -3.74. The molecule has 0 unspecified atom stereocenters. The Balaban J connectivity index is 1.48. The number of hydrogen-bond donors (Lipinski definition) is 1. The summed E-state index contributed by atoms with van der Waals surface area (Å²) < 4.78 is 36.5. The third-order valence-corrected chi connectivity index (χ3v) is 4.12. The van der Waals surface area contributed by atoms with Crippen LogP contribution in [0.4, 0.5) is 14.5 Å². The van der Waals surface area contributed by atoms with E-state index < -0.39 is 30.1 Å². The summed E-state index contributed by atoms with van der Waals surface area (Å²) in [5, 5.41) is 2.31. The molecule has 0 aromatic heterocycles. The predicted molar refractivity (Wildman–Crippen MR) is 107 cm³/mol. The minimum atomic E-state index is -1.09. The van der Waals surface area contributed by atoms with Gasteiger partial charge in [0.15, 0.2) is 24.8 Å². The topological polar surface area (TPSA) is 64.6 Å². The first-order valence-corrected chi connectivity index (χ1v) is 9.16.